The fraction of sp³-hybridized carbons (Fsp3) is 0.500. The summed E-state index contributed by atoms with van der Waals surface area (Å²) in [5.41, 5.74) is 6.36. The van der Waals surface area contributed by atoms with Gasteiger partial charge in [-0.05, 0) is 38.0 Å². The first-order chi connectivity index (χ1) is 9.33. The number of amides is 1. The van der Waals surface area contributed by atoms with E-state index in [1.54, 1.807) is 0 Å². The van der Waals surface area contributed by atoms with Crippen molar-refractivity contribution in [2.45, 2.75) is 19.4 Å². The quantitative estimate of drug-likeness (QED) is 0.603. The van der Waals surface area contributed by atoms with Gasteiger partial charge in [-0.2, -0.15) is 0 Å². The van der Waals surface area contributed by atoms with Gasteiger partial charge in [0.05, 0.1) is 0 Å². The molecule has 0 heterocycles. The second kappa shape index (κ2) is 15.4. The van der Waals surface area contributed by atoms with E-state index in [0.717, 1.165) is 31.5 Å². The maximum atomic E-state index is 11.4. The van der Waals surface area contributed by atoms with Gasteiger partial charge in [0.2, 0.25) is 0 Å². The normalized spacial score (nSPS) is 9.19. The highest BCUT2D eigenvalue weighted by Gasteiger charge is 2.01. The van der Waals surface area contributed by atoms with E-state index in [2.05, 4.69) is 10.6 Å². The van der Waals surface area contributed by atoms with Gasteiger partial charge in [0.25, 0.3) is 0 Å². The van der Waals surface area contributed by atoms with Crippen LogP contribution in [0.3, 0.4) is 0 Å². The van der Waals surface area contributed by atoms with Gasteiger partial charge in [-0.3, -0.25) is 0 Å². The molecule has 0 saturated carbocycles. The van der Waals surface area contributed by atoms with Crippen LogP contribution in [0.4, 0.5) is 4.79 Å². The largest absolute Gasteiger partial charge is 0.445 e. The highest BCUT2D eigenvalue weighted by atomic mass is 35.5. The van der Waals surface area contributed by atoms with Crippen LogP contribution in [0.5, 0.6) is 0 Å². The van der Waals surface area contributed by atoms with Crippen molar-refractivity contribution in [2.75, 3.05) is 26.2 Å². The predicted molar refractivity (Wildman–Crippen MR) is 90.3 cm³/mol. The number of hydrogen-bond donors (Lipinski definition) is 3. The Morgan fingerprint density at radius 2 is 1.71 bits per heavy atom. The Kier molecular flexibility index (Phi) is 16.3. The van der Waals surface area contributed by atoms with Crippen molar-refractivity contribution < 1.29 is 9.53 Å². The van der Waals surface area contributed by atoms with E-state index in [-0.39, 0.29) is 30.9 Å². The fourth-order valence-corrected chi connectivity index (χ4v) is 1.53. The van der Waals surface area contributed by atoms with E-state index in [9.17, 15) is 4.79 Å². The number of alkyl carbamates (subject to hydrolysis) is 1. The molecule has 122 valence electrons. The summed E-state index contributed by atoms with van der Waals surface area (Å²) in [6, 6.07) is 9.62. The molecule has 0 saturated heterocycles. The van der Waals surface area contributed by atoms with E-state index in [0.29, 0.717) is 19.7 Å². The van der Waals surface area contributed by atoms with Crippen LogP contribution in [0.2, 0.25) is 0 Å². The molecule has 5 nitrogen and oxygen atoms in total. The maximum absolute atomic E-state index is 11.4. The average Bonchev–Trinajstić information content (AvgIpc) is 2.45. The van der Waals surface area contributed by atoms with Crippen LogP contribution in [0.1, 0.15) is 18.4 Å². The van der Waals surface area contributed by atoms with E-state index >= 15 is 0 Å². The Bertz CT molecular complexity index is 353. The van der Waals surface area contributed by atoms with Gasteiger partial charge in [0.1, 0.15) is 6.61 Å². The van der Waals surface area contributed by atoms with Gasteiger partial charge in [0.15, 0.2) is 0 Å². The van der Waals surface area contributed by atoms with Gasteiger partial charge >= 0.3 is 6.09 Å². The molecule has 0 aliphatic rings. The maximum Gasteiger partial charge on any atom is 0.407 e. The minimum atomic E-state index is -0.370. The van der Waals surface area contributed by atoms with Crippen molar-refractivity contribution in [2.24, 2.45) is 5.73 Å². The molecule has 0 aromatic heterocycles. The minimum absolute atomic E-state index is 0. The summed E-state index contributed by atoms with van der Waals surface area (Å²) in [6.07, 6.45) is 1.49. The Balaban J connectivity index is 0. The number of carbonyl (C=O) groups is 1. The second-order valence-electron chi connectivity index (χ2n) is 4.23. The number of halogens is 2. The van der Waals surface area contributed by atoms with Crippen molar-refractivity contribution in [1.82, 2.24) is 10.6 Å². The van der Waals surface area contributed by atoms with Crippen molar-refractivity contribution in [1.29, 1.82) is 0 Å². The summed E-state index contributed by atoms with van der Waals surface area (Å²) in [6.45, 7) is 3.43. The van der Waals surface area contributed by atoms with Crippen LogP contribution in [0, 0.1) is 0 Å². The molecule has 0 spiro atoms. The zero-order chi connectivity index (χ0) is 13.8. The van der Waals surface area contributed by atoms with Crippen LogP contribution in [0.15, 0.2) is 30.3 Å². The summed E-state index contributed by atoms with van der Waals surface area (Å²) in [4.78, 5) is 11.4. The number of hydrogen-bond acceptors (Lipinski definition) is 4. The number of benzene rings is 1. The summed E-state index contributed by atoms with van der Waals surface area (Å²) in [7, 11) is 0. The summed E-state index contributed by atoms with van der Waals surface area (Å²) in [5.74, 6) is 0. The molecule has 1 aromatic rings. The zero-order valence-corrected chi connectivity index (χ0v) is 13.7. The molecule has 4 N–H and O–H groups in total. The van der Waals surface area contributed by atoms with Crippen molar-refractivity contribution >= 4 is 30.9 Å². The molecule has 0 aliphatic heterocycles. The third-order valence-electron chi connectivity index (χ3n) is 2.57. The molecule has 0 aliphatic carbocycles. The predicted octanol–water partition coefficient (Wildman–Crippen LogP) is 2.08. The smallest absolute Gasteiger partial charge is 0.407 e. The molecule has 21 heavy (non-hydrogen) atoms. The van der Waals surface area contributed by atoms with Gasteiger partial charge in [-0.1, -0.05) is 30.3 Å². The Morgan fingerprint density at radius 3 is 2.38 bits per heavy atom. The SMILES string of the molecule is Cl.Cl.NCCCNCCCNC(=O)OCc1ccccc1. The van der Waals surface area contributed by atoms with Crippen molar-refractivity contribution in [3.05, 3.63) is 35.9 Å². The summed E-state index contributed by atoms with van der Waals surface area (Å²) < 4.78 is 5.09. The fourth-order valence-electron chi connectivity index (χ4n) is 1.53. The lowest BCUT2D eigenvalue weighted by atomic mass is 10.2. The zero-order valence-electron chi connectivity index (χ0n) is 12.0. The van der Waals surface area contributed by atoms with E-state index in [1.807, 2.05) is 30.3 Å². The molecule has 1 amide bonds. The third kappa shape index (κ3) is 12.4. The molecular formula is C14H25Cl2N3O2. The molecule has 0 fully saturated rings. The molecule has 0 unspecified atom stereocenters. The summed E-state index contributed by atoms with van der Waals surface area (Å²) in [5, 5.41) is 5.96. The van der Waals surface area contributed by atoms with E-state index < -0.39 is 0 Å². The van der Waals surface area contributed by atoms with Gasteiger partial charge in [-0.15, -0.1) is 24.8 Å². The number of nitrogens with one attached hydrogen (secondary N) is 2. The second-order valence-corrected chi connectivity index (χ2v) is 4.23. The molecule has 0 radical (unpaired) electrons. The first kappa shape index (κ1) is 22.3. The molecule has 0 bridgehead atoms. The highest BCUT2D eigenvalue weighted by Crippen LogP contribution is 2.00. The lowest BCUT2D eigenvalue weighted by Gasteiger charge is -2.07. The lowest BCUT2D eigenvalue weighted by molar-refractivity contribution is 0.139. The van der Waals surface area contributed by atoms with Crippen LogP contribution in [-0.4, -0.2) is 32.3 Å². The lowest BCUT2D eigenvalue weighted by Crippen LogP contribution is -2.28. The van der Waals surface area contributed by atoms with E-state index in [4.69, 9.17) is 10.5 Å². The topological polar surface area (TPSA) is 76.4 Å². The molecular weight excluding hydrogens is 313 g/mol. The highest BCUT2D eigenvalue weighted by molar-refractivity contribution is 5.85. The molecule has 0 atom stereocenters. The number of rotatable bonds is 9. The monoisotopic (exact) mass is 337 g/mol. The molecule has 7 heteroatoms. The number of ether oxygens (including phenoxy) is 1. The van der Waals surface area contributed by atoms with Crippen molar-refractivity contribution in [3.8, 4) is 0 Å². The van der Waals surface area contributed by atoms with Crippen LogP contribution < -0.4 is 16.4 Å². The van der Waals surface area contributed by atoms with Crippen LogP contribution in [-0.2, 0) is 11.3 Å². The minimum Gasteiger partial charge on any atom is -0.445 e. The standard InChI is InChI=1S/C14H23N3O2.2ClH/c15-8-4-9-16-10-5-11-17-14(18)19-12-13-6-2-1-3-7-13;;/h1-3,6-7,16H,4-5,8-12,15H2,(H,17,18);2*1H. The van der Waals surface area contributed by atoms with Crippen LogP contribution >= 0.6 is 24.8 Å². The Morgan fingerprint density at radius 1 is 1.05 bits per heavy atom. The van der Waals surface area contributed by atoms with Gasteiger partial charge in [-0.25, -0.2) is 4.79 Å². The van der Waals surface area contributed by atoms with Crippen LogP contribution in [0.25, 0.3) is 0 Å². The molecule has 1 rings (SSSR count). The number of carbonyl (C=O) groups excluding carboxylic acids is 1. The first-order valence-corrected chi connectivity index (χ1v) is 6.68. The average molecular weight is 338 g/mol. The van der Waals surface area contributed by atoms with Gasteiger partial charge < -0.3 is 21.1 Å². The van der Waals surface area contributed by atoms with Gasteiger partial charge in [0, 0.05) is 6.54 Å². The molecule has 1 aromatic carbocycles. The Labute approximate surface area is 138 Å². The third-order valence-corrected chi connectivity index (χ3v) is 2.57. The van der Waals surface area contributed by atoms with E-state index in [1.165, 1.54) is 0 Å². The van der Waals surface area contributed by atoms with Crippen molar-refractivity contribution in [3.63, 3.8) is 0 Å². The first-order valence-electron chi connectivity index (χ1n) is 6.68. The Hall–Kier alpha value is -1.01. The number of nitrogens with two attached hydrogens (primary N) is 1. The summed E-state index contributed by atoms with van der Waals surface area (Å²) >= 11 is 0.